The Morgan fingerprint density at radius 2 is 1.72 bits per heavy atom. The molecule has 1 aromatic carbocycles. The summed E-state index contributed by atoms with van der Waals surface area (Å²) in [6.45, 7) is 6.53. The van der Waals surface area contributed by atoms with E-state index in [0.717, 1.165) is 24.1 Å². The van der Waals surface area contributed by atoms with Crippen LogP contribution in [0, 0.1) is 5.92 Å². The lowest BCUT2D eigenvalue weighted by Gasteiger charge is -2.23. The molecule has 0 saturated heterocycles. The molecular weight excluding hydrogens is 378 g/mol. The van der Waals surface area contributed by atoms with Crippen LogP contribution < -0.4 is 14.8 Å². The van der Waals surface area contributed by atoms with Gasteiger partial charge in [0.15, 0.2) is 18.1 Å². The van der Waals surface area contributed by atoms with E-state index in [2.05, 4.69) is 10.1 Å². The van der Waals surface area contributed by atoms with E-state index in [1.165, 1.54) is 0 Å². The third-order valence-electron chi connectivity index (χ3n) is 4.10. The molecule has 2 rings (SSSR count). The van der Waals surface area contributed by atoms with Crippen molar-refractivity contribution in [3.05, 3.63) is 35.9 Å². The highest BCUT2D eigenvalue weighted by molar-refractivity contribution is 5.92. The lowest BCUT2D eigenvalue weighted by atomic mass is 9.95. The fourth-order valence-electron chi connectivity index (χ4n) is 2.73. The lowest BCUT2D eigenvalue weighted by molar-refractivity contribution is -0.144. The van der Waals surface area contributed by atoms with Gasteiger partial charge in [0, 0.05) is 18.6 Å². The van der Waals surface area contributed by atoms with Crippen molar-refractivity contribution < 1.29 is 33.3 Å². The van der Waals surface area contributed by atoms with Crippen LogP contribution in [0.4, 0.5) is 0 Å². The Labute approximate surface area is 170 Å². The summed E-state index contributed by atoms with van der Waals surface area (Å²) < 4.78 is 20.9. The summed E-state index contributed by atoms with van der Waals surface area (Å²) in [5.74, 6) is -0.484. The molecule has 1 N–H and O–H groups in total. The number of benzene rings is 1. The summed E-state index contributed by atoms with van der Waals surface area (Å²) in [5, 5.41) is 2.87. The molecule has 1 aromatic rings. The Morgan fingerprint density at radius 1 is 1.07 bits per heavy atom. The maximum atomic E-state index is 12.3. The van der Waals surface area contributed by atoms with Crippen LogP contribution in [-0.2, 0) is 23.9 Å². The van der Waals surface area contributed by atoms with E-state index in [1.54, 1.807) is 6.92 Å². The number of amides is 1. The Balaban J connectivity index is 1.95. The molecule has 0 fully saturated rings. The first-order valence-corrected chi connectivity index (χ1v) is 9.61. The van der Waals surface area contributed by atoms with Crippen molar-refractivity contribution in [2.45, 2.75) is 33.2 Å². The normalized spacial score (nSPS) is 14.2. The third kappa shape index (κ3) is 7.14. The van der Waals surface area contributed by atoms with Crippen molar-refractivity contribution in [3.63, 3.8) is 0 Å². The molecule has 0 bridgehead atoms. The van der Waals surface area contributed by atoms with Crippen molar-refractivity contribution in [1.82, 2.24) is 5.32 Å². The summed E-state index contributed by atoms with van der Waals surface area (Å²) in [6.07, 6.45) is 2.69. The largest absolute Gasteiger partial charge is 0.490 e. The zero-order valence-corrected chi connectivity index (χ0v) is 16.9. The molecule has 0 spiro atoms. The molecule has 1 aliphatic heterocycles. The molecule has 0 unspecified atom stereocenters. The van der Waals surface area contributed by atoms with Crippen LogP contribution in [-0.4, -0.2) is 44.3 Å². The van der Waals surface area contributed by atoms with E-state index in [0.29, 0.717) is 24.7 Å². The zero-order valence-electron chi connectivity index (χ0n) is 16.9. The molecule has 1 heterocycles. The van der Waals surface area contributed by atoms with Gasteiger partial charge in [-0.1, -0.05) is 19.9 Å². The maximum Gasteiger partial charge on any atom is 0.331 e. The molecule has 0 saturated carbocycles. The molecule has 0 aliphatic carbocycles. The standard InChI is InChI=1S/C21H27NO7/c1-4-26-19(24)8-9-20(25)29-13-18(23)22-21(14(2)3)15-6-7-16-17(12-15)28-11-5-10-27-16/h6-9,12,14,21H,4-5,10-11,13H2,1-3H3,(H,22,23)/b9-8+/t21-/m1/s1. The van der Waals surface area contributed by atoms with Gasteiger partial charge in [-0.05, 0) is 30.5 Å². The Bertz CT molecular complexity index is 757. The highest BCUT2D eigenvalue weighted by Gasteiger charge is 2.21. The van der Waals surface area contributed by atoms with Crippen molar-refractivity contribution in [2.75, 3.05) is 26.4 Å². The number of rotatable bonds is 8. The van der Waals surface area contributed by atoms with Gasteiger partial charge in [-0.15, -0.1) is 0 Å². The molecule has 1 atom stereocenters. The third-order valence-corrected chi connectivity index (χ3v) is 4.10. The second kappa shape index (κ2) is 11.1. The Morgan fingerprint density at radius 3 is 2.38 bits per heavy atom. The maximum absolute atomic E-state index is 12.3. The summed E-state index contributed by atoms with van der Waals surface area (Å²) >= 11 is 0. The average molecular weight is 405 g/mol. The van der Waals surface area contributed by atoms with Crippen molar-refractivity contribution in [3.8, 4) is 11.5 Å². The molecule has 1 aliphatic rings. The smallest absolute Gasteiger partial charge is 0.331 e. The highest BCUT2D eigenvalue weighted by Crippen LogP contribution is 2.34. The van der Waals surface area contributed by atoms with Gasteiger partial charge in [-0.25, -0.2) is 9.59 Å². The first kappa shape index (κ1) is 22.3. The number of nitrogens with one attached hydrogen (secondary N) is 1. The monoisotopic (exact) mass is 405 g/mol. The number of carbonyl (C=O) groups excluding carboxylic acids is 3. The van der Waals surface area contributed by atoms with Crippen LogP contribution in [0.2, 0.25) is 0 Å². The first-order chi connectivity index (χ1) is 13.9. The number of hydrogen-bond donors (Lipinski definition) is 1. The lowest BCUT2D eigenvalue weighted by Crippen LogP contribution is -2.34. The van der Waals surface area contributed by atoms with Crippen molar-refractivity contribution >= 4 is 17.8 Å². The molecule has 0 radical (unpaired) electrons. The zero-order chi connectivity index (χ0) is 21.2. The first-order valence-electron chi connectivity index (χ1n) is 9.61. The minimum absolute atomic E-state index is 0.0862. The Kier molecular flexibility index (Phi) is 8.51. The summed E-state index contributed by atoms with van der Waals surface area (Å²) in [5.41, 5.74) is 0.867. The van der Waals surface area contributed by atoms with Gasteiger partial charge in [0.05, 0.1) is 25.9 Å². The summed E-state index contributed by atoms with van der Waals surface area (Å²) in [6, 6.07) is 5.28. The van der Waals surface area contributed by atoms with Crippen LogP contribution in [0.5, 0.6) is 11.5 Å². The van der Waals surface area contributed by atoms with Crippen molar-refractivity contribution in [1.29, 1.82) is 0 Å². The van der Waals surface area contributed by atoms with E-state index < -0.39 is 24.5 Å². The van der Waals surface area contributed by atoms with Gasteiger partial charge in [0.1, 0.15) is 0 Å². The van der Waals surface area contributed by atoms with Crippen molar-refractivity contribution in [2.24, 2.45) is 5.92 Å². The highest BCUT2D eigenvalue weighted by atomic mass is 16.5. The minimum atomic E-state index is -0.801. The van der Waals surface area contributed by atoms with E-state index in [4.69, 9.17) is 14.2 Å². The van der Waals surface area contributed by atoms with E-state index in [9.17, 15) is 14.4 Å². The molecule has 158 valence electrons. The molecule has 1 amide bonds. The van der Waals surface area contributed by atoms with Gasteiger partial charge in [0.25, 0.3) is 5.91 Å². The number of carbonyl (C=O) groups is 3. The van der Waals surface area contributed by atoms with E-state index in [-0.39, 0.29) is 18.6 Å². The van der Waals surface area contributed by atoms with Gasteiger partial charge < -0.3 is 24.3 Å². The van der Waals surface area contributed by atoms with Crippen LogP contribution in [0.25, 0.3) is 0 Å². The van der Waals surface area contributed by atoms with E-state index >= 15 is 0 Å². The van der Waals surface area contributed by atoms with Gasteiger partial charge in [0.2, 0.25) is 0 Å². The Hall–Kier alpha value is -3.03. The van der Waals surface area contributed by atoms with Gasteiger partial charge in [-0.2, -0.15) is 0 Å². The van der Waals surface area contributed by atoms with Crippen LogP contribution in [0.1, 0.15) is 38.8 Å². The number of fused-ring (bicyclic) bond motifs is 1. The summed E-state index contributed by atoms with van der Waals surface area (Å²) in [7, 11) is 0. The van der Waals surface area contributed by atoms with E-state index in [1.807, 2.05) is 32.0 Å². The number of esters is 2. The quantitative estimate of drug-likeness (QED) is 0.523. The fourth-order valence-corrected chi connectivity index (χ4v) is 2.73. The topological polar surface area (TPSA) is 100 Å². The molecular formula is C21H27NO7. The van der Waals surface area contributed by atoms with Crippen LogP contribution >= 0.6 is 0 Å². The second-order valence-corrected chi connectivity index (χ2v) is 6.74. The summed E-state index contributed by atoms with van der Waals surface area (Å²) in [4.78, 5) is 35.0. The molecule has 8 heteroatoms. The molecule has 0 aromatic heterocycles. The van der Waals surface area contributed by atoms with Crippen LogP contribution in [0.3, 0.4) is 0 Å². The second-order valence-electron chi connectivity index (χ2n) is 6.74. The fraction of sp³-hybridized carbons (Fsp3) is 0.476. The predicted octanol–water partition coefficient (Wildman–Crippen LogP) is 2.32. The van der Waals surface area contributed by atoms with Crippen LogP contribution in [0.15, 0.2) is 30.4 Å². The predicted molar refractivity (Wildman–Crippen MR) is 105 cm³/mol. The number of ether oxygens (including phenoxy) is 4. The van der Waals surface area contributed by atoms with Gasteiger partial charge in [-0.3, -0.25) is 4.79 Å². The molecule has 8 nitrogen and oxygen atoms in total. The average Bonchev–Trinajstić information content (AvgIpc) is 2.93. The molecule has 29 heavy (non-hydrogen) atoms. The minimum Gasteiger partial charge on any atom is -0.490 e. The number of hydrogen-bond acceptors (Lipinski definition) is 7. The SMILES string of the molecule is CCOC(=O)/C=C/C(=O)OCC(=O)N[C@@H](c1ccc2c(c1)OCCCO2)C(C)C. The van der Waals surface area contributed by atoms with Gasteiger partial charge >= 0.3 is 11.9 Å².